The average Bonchev–Trinajstić information content (AvgIpc) is 2.52. The molecule has 2 aromatic carbocycles. The quantitative estimate of drug-likeness (QED) is 0.567. The number of methoxy groups -OCH3 is 1. The molecule has 2 aromatic rings. The number of hydrogen-bond donors (Lipinski definition) is 0. The molecule has 0 fully saturated rings. The second kappa shape index (κ2) is 7.61. The molecular formula is C16H14BrNO4. The minimum absolute atomic E-state index is 0.410. The van der Waals surface area contributed by atoms with Gasteiger partial charge in [0, 0.05) is 10.5 Å². The molecule has 0 spiro atoms. The number of benzene rings is 2. The van der Waals surface area contributed by atoms with Crippen molar-refractivity contribution in [2.75, 3.05) is 7.11 Å². The van der Waals surface area contributed by atoms with Crippen molar-refractivity contribution in [2.45, 2.75) is 6.61 Å². The van der Waals surface area contributed by atoms with Gasteiger partial charge < -0.3 is 9.47 Å². The third kappa shape index (κ3) is 4.33. The highest BCUT2D eigenvalue weighted by Gasteiger charge is 2.10. The largest absolute Gasteiger partial charge is 0.493 e. The number of nitro groups is 1. The third-order valence-electron chi connectivity index (χ3n) is 2.90. The molecule has 0 aromatic heterocycles. The molecule has 0 bridgehead atoms. The zero-order valence-electron chi connectivity index (χ0n) is 11.9. The molecule has 0 aliphatic rings. The molecule has 6 heteroatoms. The monoisotopic (exact) mass is 363 g/mol. The summed E-state index contributed by atoms with van der Waals surface area (Å²) in [6, 6.07) is 13.2. The molecule has 0 aliphatic heterocycles. The van der Waals surface area contributed by atoms with E-state index in [1.54, 1.807) is 12.1 Å². The minimum Gasteiger partial charge on any atom is -0.493 e. The van der Waals surface area contributed by atoms with Crippen molar-refractivity contribution in [1.29, 1.82) is 0 Å². The van der Waals surface area contributed by atoms with Crippen LogP contribution in [0.15, 0.2) is 53.1 Å². The molecule has 0 amide bonds. The summed E-state index contributed by atoms with van der Waals surface area (Å²) in [5.41, 5.74) is 1.68. The van der Waals surface area contributed by atoms with E-state index in [9.17, 15) is 10.1 Å². The summed E-state index contributed by atoms with van der Waals surface area (Å²) in [6.07, 6.45) is 2.28. The van der Waals surface area contributed by atoms with Crippen LogP contribution in [0.3, 0.4) is 0 Å². The van der Waals surface area contributed by atoms with E-state index in [0.717, 1.165) is 11.8 Å². The molecule has 0 radical (unpaired) electrons. The van der Waals surface area contributed by atoms with Crippen molar-refractivity contribution < 1.29 is 14.4 Å². The predicted octanol–water partition coefficient (Wildman–Crippen LogP) is 4.28. The van der Waals surface area contributed by atoms with Gasteiger partial charge in [0.15, 0.2) is 11.5 Å². The molecule has 22 heavy (non-hydrogen) atoms. The number of hydrogen-bond acceptors (Lipinski definition) is 4. The van der Waals surface area contributed by atoms with Gasteiger partial charge in [-0.3, -0.25) is 10.1 Å². The molecule has 114 valence electrons. The van der Waals surface area contributed by atoms with Crippen molar-refractivity contribution >= 4 is 22.0 Å². The van der Waals surface area contributed by atoms with Crippen LogP contribution in [0.4, 0.5) is 0 Å². The van der Waals surface area contributed by atoms with Gasteiger partial charge in [-0.2, -0.15) is 0 Å². The van der Waals surface area contributed by atoms with E-state index in [2.05, 4.69) is 15.9 Å². The van der Waals surface area contributed by atoms with Crippen LogP contribution >= 0.6 is 15.9 Å². The summed E-state index contributed by atoms with van der Waals surface area (Å²) in [7, 11) is 1.53. The van der Waals surface area contributed by atoms with E-state index in [1.807, 2.05) is 30.3 Å². The first-order chi connectivity index (χ1) is 10.6. The first kappa shape index (κ1) is 16.0. The van der Waals surface area contributed by atoms with Gasteiger partial charge in [-0.15, -0.1) is 0 Å². The van der Waals surface area contributed by atoms with Crippen molar-refractivity contribution in [3.8, 4) is 11.5 Å². The number of ether oxygens (including phenoxy) is 2. The maximum Gasteiger partial charge on any atom is 0.235 e. The fraction of sp³-hybridized carbons (Fsp3) is 0.125. The van der Waals surface area contributed by atoms with Crippen molar-refractivity contribution in [2.24, 2.45) is 0 Å². The van der Waals surface area contributed by atoms with Crippen LogP contribution in [0, 0.1) is 10.1 Å². The van der Waals surface area contributed by atoms with Gasteiger partial charge >= 0.3 is 0 Å². The van der Waals surface area contributed by atoms with Crippen LogP contribution in [-0.2, 0) is 6.61 Å². The van der Waals surface area contributed by atoms with Gasteiger partial charge in [0.2, 0.25) is 6.20 Å². The highest BCUT2D eigenvalue weighted by atomic mass is 79.9. The summed E-state index contributed by atoms with van der Waals surface area (Å²) in [6.45, 7) is 0.410. The smallest absolute Gasteiger partial charge is 0.235 e. The Morgan fingerprint density at radius 1 is 1.23 bits per heavy atom. The highest BCUT2D eigenvalue weighted by molar-refractivity contribution is 9.10. The van der Waals surface area contributed by atoms with Crippen LogP contribution in [0.5, 0.6) is 11.5 Å². The summed E-state index contributed by atoms with van der Waals surface area (Å²) < 4.78 is 11.7. The van der Waals surface area contributed by atoms with Crippen LogP contribution < -0.4 is 9.47 Å². The van der Waals surface area contributed by atoms with E-state index in [4.69, 9.17) is 9.47 Å². The Morgan fingerprint density at radius 3 is 2.59 bits per heavy atom. The SMILES string of the molecule is COc1cc(/C=C/[N+](=O)[O-])c(Br)cc1OCc1ccccc1. The Labute approximate surface area is 136 Å². The molecule has 5 nitrogen and oxygen atoms in total. The van der Waals surface area contributed by atoms with Gasteiger partial charge in [0.25, 0.3) is 0 Å². The summed E-state index contributed by atoms with van der Waals surface area (Å²) in [4.78, 5) is 9.90. The normalized spacial score (nSPS) is 10.6. The Morgan fingerprint density at radius 2 is 1.95 bits per heavy atom. The van der Waals surface area contributed by atoms with E-state index >= 15 is 0 Å². The van der Waals surface area contributed by atoms with E-state index < -0.39 is 4.92 Å². The molecule has 0 saturated heterocycles. The lowest BCUT2D eigenvalue weighted by molar-refractivity contribution is -0.400. The van der Waals surface area contributed by atoms with Crippen molar-refractivity contribution in [3.05, 3.63) is 74.4 Å². The predicted molar refractivity (Wildman–Crippen MR) is 87.5 cm³/mol. The first-order valence-corrected chi connectivity index (χ1v) is 7.25. The molecule has 0 aliphatic carbocycles. The summed E-state index contributed by atoms with van der Waals surface area (Å²) in [5.74, 6) is 1.08. The Balaban J connectivity index is 2.21. The Bertz CT molecular complexity index is 686. The summed E-state index contributed by atoms with van der Waals surface area (Å²) in [5, 5.41) is 10.4. The zero-order valence-corrected chi connectivity index (χ0v) is 13.4. The average molecular weight is 364 g/mol. The van der Waals surface area contributed by atoms with Crippen LogP contribution in [-0.4, -0.2) is 12.0 Å². The first-order valence-electron chi connectivity index (χ1n) is 6.46. The summed E-state index contributed by atoms with van der Waals surface area (Å²) >= 11 is 3.38. The lowest BCUT2D eigenvalue weighted by atomic mass is 10.2. The van der Waals surface area contributed by atoms with E-state index in [1.165, 1.54) is 13.2 Å². The molecule has 0 N–H and O–H groups in total. The van der Waals surface area contributed by atoms with Gasteiger partial charge in [0.1, 0.15) is 6.61 Å². The fourth-order valence-electron chi connectivity index (χ4n) is 1.83. The molecule has 0 heterocycles. The maximum absolute atomic E-state index is 10.4. The van der Waals surface area contributed by atoms with Crippen LogP contribution in [0.25, 0.3) is 6.08 Å². The van der Waals surface area contributed by atoms with Crippen LogP contribution in [0.1, 0.15) is 11.1 Å². The topological polar surface area (TPSA) is 61.6 Å². The van der Waals surface area contributed by atoms with Gasteiger partial charge in [0.05, 0.1) is 12.0 Å². The molecule has 0 saturated carbocycles. The van der Waals surface area contributed by atoms with Crippen LogP contribution in [0.2, 0.25) is 0 Å². The van der Waals surface area contributed by atoms with E-state index in [-0.39, 0.29) is 0 Å². The third-order valence-corrected chi connectivity index (χ3v) is 3.58. The fourth-order valence-corrected chi connectivity index (χ4v) is 2.28. The molecule has 2 rings (SSSR count). The molecule has 0 atom stereocenters. The van der Waals surface area contributed by atoms with E-state index in [0.29, 0.717) is 28.1 Å². The molecular weight excluding hydrogens is 350 g/mol. The number of nitrogens with zero attached hydrogens (tertiary/aromatic N) is 1. The lowest BCUT2D eigenvalue weighted by Gasteiger charge is -2.12. The Hall–Kier alpha value is -2.34. The van der Waals surface area contributed by atoms with Crippen molar-refractivity contribution in [3.63, 3.8) is 0 Å². The molecule has 0 unspecified atom stereocenters. The standard InChI is InChI=1S/C16H14BrNO4/c1-21-15-9-13(7-8-18(19)20)14(17)10-16(15)22-11-12-5-3-2-4-6-12/h2-10H,11H2,1H3/b8-7+. The lowest BCUT2D eigenvalue weighted by Crippen LogP contribution is -1.98. The second-order valence-corrected chi connectivity index (χ2v) is 5.25. The maximum atomic E-state index is 10.4. The number of rotatable bonds is 6. The second-order valence-electron chi connectivity index (χ2n) is 4.40. The van der Waals surface area contributed by atoms with Gasteiger partial charge in [-0.05, 0) is 23.3 Å². The highest BCUT2D eigenvalue weighted by Crippen LogP contribution is 2.34. The van der Waals surface area contributed by atoms with Crippen molar-refractivity contribution in [1.82, 2.24) is 0 Å². The Kier molecular flexibility index (Phi) is 5.55. The number of halogens is 1. The zero-order chi connectivity index (χ0) is 15.9. The minimum atomic E-state index is -0.515. The van der Waals surface area contributed by atoms with Gasteiger partial charge in [-0.25, -0.2) is 0 Å². The van der Waals surface area contributed by atoms with Gasteiger partial charge in [-0.1, -0.05) is 46.3 Å².